The molecule has 0 aromatic heterocycles. The van der Waals surface area contributed by atoms with Gasteiger partial charge in [0.15, 0.2) is 0 Å². The van der Waals surface area contributed by atoms with Crippen molar-refractivity contribution in [2.24, 2.45) is 0 Å². The SMILES string of the molecule is COc1cc(F)c2c(c1)C(C)(O)CCC2. The molecule has 1 aromatic carbocycles. The maximum atomic E-state index is 13.7. The summed E-state index contributed by atoms with van der Waals surface area (Å²) in [5.41, 5.74) is 0.376. The lowest BCUT2D eigenvalue weighted by Crippen LogP contribution is -2.27. The second-order valence-electron chi connectivity index (χ2n) is 4.26. The van der Waals surface area contributed by atoms with Crippen LogP contribution in [0.2, 0.25) is 0 Å². The Hall–Kier alpha value is -1.09. The zero-order valence-electron chi connectivity index (χ0n) is 9.01. The maximum absolute atomic E-state index is 13.7. The molecule has 1 unspecified atom stereocenters. The summed E-state index contributed by atoms with van der Waals surface area (Å²) in [5, 5.41) is 10.1. The molecule has 2 nitrogen and oxygen atoms in total. The van der Waals surface area contributed by atoms with Gasteiger partial charge in [-0.25, -0.2) is 4.39 Å². The summed E-state index contributed by atoms with van der Waals surface area (Å²) < 4.78 is 18.7. The lowest BCUT2D eigenvalue weighted by Gasteiger charge is -2.31. The molecule has 1 aliphatic carbocycles. The minimum atomic E-state index is -0.928. The predicted molar refractivity (Wildman–Crippen MR) is 55.5 cm³/mol. The van der Waals surface area contributed by atoms with Crippen molar-refractivity contribution in [1.29, 1.82) is 0 Å². The van der Waals surface area contributed by atoms with E-state index in [1.807, 2.05) is 0 Å². The molecule has 15 heavy (non-hydrogen) atoms. The van der Waals surface area contributed by atoms with E-state index in [1.54, 1.807) is 13.0 Å². The van der Waals surface area contributed by atoms with Crippen LogP contribution in [0.3, 0.4) is 0 Å². The maximum Gasteiger partial charge on any atom is 0.130 e. The van der Waals surface area contributed by atoms with Crippen LogP contribution in [0.1, 0.15) is 30.9 Å². The minimum Gasteiger partial charge on any atom is -0.497 e. The highest BCUT2D eigenvalue weighted by molar-refractivity contribution is 5.41. The third-order valence-electron chi connectivity index (χ3n) is 3.08. The zero-order valence-corrected chi connectivity index (χ0v) is 9.01. The molecule has 1 aromatic rings. The van der Waals surface area contributed by atoms with Crippen molar-refractivity contribution in [2.75, 3.05) is 7.11 Å². The highest BCUT2D eigenvalue weighted by Gasteiger charge is 2.31. The van der Waals surface area contributed by atoms with E-state index in [9.17, 15) is 9.50 Å². The van der Waals surface area contributed by atoms with Gasteiger partial charge in [-0.15, -0.1) is 0 Å². The van der Waals surface area contributed by atoms with Gasteiger partial charge in [0.2, 0.25) is 0 Å². The molecule has 82 valence electrons. The van der Waals surface area contributed by atoms with Crippen LogP contribution in [-0.2, 0) is 12.0 Å². The number of hydrogen-bond acceptors (Lipinski definition) is 2. The lowest BCUT2D eigenvalue weighted by molar-refractivity contribution is 0.0377. The van der Waals surface area contributed by atoms with Gasteiger partial charge in [-0.05, 0) is 43.4 Å². The molecule has 0 saturated heterocycles. The van der Waals surface area contributed by atoms with Gasteiger partial charge in [-0.3, -0.25) is 0 Å². The van der Waals surface area contributed by atoms with Crippen LogP contribution >= 0.6 is 0 Å². The molecule has 0 bridgehead atoms. The second-order valence-corrected chi connectivity index (χ2v) is 4.26. The Labute approximate surface area is 88.7 Å². The lowest BCUT2D eigenvalue weighted by atomic mass is 9.80. The average molecular weight is 210 g/mol. The summed E-state index contributed by atoms with van der Waals surface area (Å²) in [6.45, 7) is 1.73. The van der Waals surface area contributed by atoms with Crippen molar-refractivity contribution in [3.05, 3.63) is 29.1 Å². The minimum absolute atomic E-state index is 0.274. The van der Waals surface area contributed by atoms with Crippen LogP contribution in [0, 0.1) is 5.82 Å². The Morgan fingerprint density at radius 2 is 2.20 bits per heavy atom. The number of methoxy groups -OCH3 is 1. The van der Waals surface area contributed by atoms with Crippen LogP contribution in [0.5, 0.6) is 5.75 Å². The fourth-order valence-corrected chi connectivity index (χ4v) is 2.21. The molecule has 0 aliphatic heterocycles. The number of benzene rings is 1. The third-order valence-corrected chi connectivity index (χ3v) is 3.08. The van der Waals surface area contributed by atoms with Crippen LogP contribution in [-0.4, -0.2) is 12.2 Å². The van der Waals surface area contributed by atoms with Crippen LogP contribution in [0.4, 0.5) is 4.39 Å². The van der Waals surface area contributed by atoms with Crippen molar-refractivity contribution in [3.63, 3.8) is 0 Å². The van der Waals surface area contributed by atoms with Gasteiger partial charge in [0.25, 0.3) is 0 Å². The van der Waals surface area contributed by atoms with Crippen LogP contribution in [0.25, 0.3) is 0 Å². The monoisotopic (exact) mass is 210 g/mol. The molecule has 1 N–H and O–H groups in total. The largest absolute Gasteiger partial charge is 0.497 e. The van der Waals surface area contributed by atoms with Gasteiger partial charge in [-0.1, -0.05) is 0 Å². The van der Waals surface area contributed by atoms with E-state index in [2.05, 4.69) is 0 Å². The Morgan fingerprint density at radius 3 is 2.87 bits per heavy atom. The van der Waals surface area contributed by atoms with Gasteiger partial charge in [0, 0.05) is 6.07 Å². The van der Waals surface area contributed by atoms with Gasteiger partial charge in [-0.2, -0.15) is 0 Å². The molecule has 2 rings (SSSR count). The Morgan fingerprint density at radius 1 is 1.47 bits per heavy atom. The van der Waals surface area contributed by atoms with E-state index in [-0.39, 0.29) is 5.82 Å². The predicted octanol–water partition coefficient (Wildman–Crippen LogP) is 2.38. The summed E-state index contributed by atoms with van der Waals surface area (Å²) in [7, 11) is 1.50. The first kappa shape index (κ1) is 10.4. The first-order valence-corrected chi connectivity index (χ1v) is 5.14. The number of ether oxygens (including phenoxy) is 1. The number of aliphatic hydroxyl groups is 1. The van der Waals surface area contributed by atoms with E-state index in [4.69, 9.17) is 4.74 Å². The number of halogens is 1. The van der Waals surface area contributed by atoms with Gasteiger partial charge in [0.05, 0.1) is 12.7 Å². The molecule has 0 fully saturated rings. The molecule has 1 atom stereocenters. The standard InChI is InChI=1S/C12H15FO2/c1-12(14)5-3-4-9-10(12)6-8(15-2)7-11(9)13/h6-7,14H,3-5H2,1-2H3. The van der Waals surface area contributed by atoms with E-state index >= 15 is 0 Å². The summed E-state index contributed by atoms with van der Waals surface area (Å²) >= 11 is 0. The summed E-state index contributed by atoms with van der Waals surface area (Å²) in [4.78, 5) is 0. The fourth-order valence-electron chi connectivity index (χ4n) is 2.21. The Kier molecular flexibility index (Phi) is 2.43. The Balaban J connectivity index is 2.59. The van der Waals surface area contributed by atoms with Crippen molar-refractivity contribution >= 4 is 0 Å². The van der Waals surface area contributed by atoms with Gasteiger partial charge < -0.3 is 9.84 Å². The van der Waals surface area contributed by atoms with Gasteiger partial charge in [0.1, 0.15) is 11.6 Å². The average Bonchev–Trinajstić information content (AvgIpc) is 2.18. The zero-order chi connectivity index (χ0) is 11.1. The molecule has 0 spiro atoms. The summed E-state index contributed by atoms with van der Waals surface area (Å²) in [6, 6.07) is 3.11. The number of rotatable bonds is 1. The Bertz CT molecular complexity index is 385. The molecule has 3 heteroatoms. The van der Waals surface area contributed by atoms with Crippen molar-refractivity contribution in [3.8, 4) is 5.75 Å². The van der Waals surface area contributed by atoms with E-state index in [0.29, 0.717) is 29.7 Å². The van der Waals surface area contributed by atoms with E-state index < -0.39 is 5.60 Å². The van der Waals surface area contributed by atoms with Crippen LogP contribution in [0.15, 0.2) is 12.1 Å². The molecular formula is C12H15FO2. The van der Waals surface area contributed by atoms with E-state index in [1.165, 1.54) is 13.2 Å². The second kappa shape index (κ2) is 3.49. The molecule has 0 saturated carbocycles. The first-order chi connectivity index (χ1) is 7.04. The first-order valence-electron chi connectivity index (χ1n) is 5.14. The van der Waals surface area contributed by atoms with Crippen molar-refractivity contribution in [1.82, 2.24) is 0 Å². The number of fused-ring (bicyclic) bond motifs is 1. The number of hydrogen-bond donors (Lipinski definition) is 1. The smallest absolute Gasteiger partial charge is 0.130 e. The van der Waals surface area contributed by atoms with Gasteiger partial charge >= 0.3 is 0 Å². The van der Waals surface area contributed by atoms with E-state index in [0.717, 1.165) is 6.42 Å². The molecular weight excluding hydrogens is 195 g/mol. The molecule has 1 aliphatic rings. The van der Waals surface area contributed by atoms with Crippen molar-refractivity contribution in [2.45, 2.75) is 31.8 Å². The quantitative estimate of drug-likeness (QED) is 0.771. The van der Waals surface area contributed by atoms with Crippen molar-refractivity contribution < 1.29 is 14.2 Å². The third kappa shape index (κ3) is 1.72. The topological polar surface area (TPSA) is 29.5 Å². The highest BCUT2D eigenvalue weighted by atomic mass is 19.1. The normalized spacial score (nSPS) is 24.8. The van der Waals surface area contributed by atoms with Crippen LogP contribution < -0.4 is 4.74 Å². The fraction of sp³-hybridized carbons (Fsp3) is 0.500. The molecule has 0 amide bonds. The molecule has 0 radical (unpaired) electrons. The summed E-state index contributed by atoms with van der Waals surface area (Å²) in [6.07, 6.45) is 2.19. The summed E-state index contributed by atoms with van der Waals surface area (Å²) in [5.74, 6) is 0.192. The molecule has 0 heterocycles. The highest BCUT2D eigenvalue weighted by Crippen LogP contribution is 2.38.